The zero-order chi connectivity index (χ0) is 18.0. The van der Waals surface area contributed by atoms with Gasteiger partial charge in [-0.1, -0.05) is 24.3 Å². The summed E-state index contributed by atoms with van der Waals surface area (Å²) in [5.74, 6) is 0.490. The molecule has 2 heterocycles. The summed E-state index contributed by atoms with van der Waals surface area (Å²) < 4.78 is 0.775. The fourth-order valence-electron chi connectivity index (χ4n) is 3.05. The van der Waals surface area contributed by atoms with Crippen LogP contribution in [0.25, 0.3) is 0 Å². The van der Waals surface area contributed by atoms with Crippen molar-refractivity contribution in [1.29, 1.82) is 5.26 Å². The number of benzene rings is 1. The van der Waals surface area contributed by atoms with Gasteiger partial charge in [-0.05, 0) is 30.9 Å². The molecule has 0 bridgehead atoms. The molecule has 1 aromatic heterocycles. The Bertz CT molecular complexity index is 902. The van der Waals surface area contributed by atoms with Gasteiger partial charge in [0.1, 0.15) is 11.9 Å². The van der Waals surface area contributed by atoms with E-state index >= 15 is 0 Å². The largest absolute Gasteiger partial charge is 0.464 e. The van der Waals surface area contributed by atoms with Crippen molar-refractivity contribution in [2.75, 3.05) is 23.4 Å². The fraction of sp³-hybridized carbons (Fsp3) is 0.294. The standard InChI is InChI=1S/C17H17N5O3/c1-11-19-15(14(10-18)16(23)22(11)20-17(24)25)21-8-6-12-4-2-3-5-13(12)7-9-21/h2-5,20H,6-9H2,1H3,(H,24,25). The lowest BCUT2D eigenvalue weighted by Gasteiger charge is -2.23. The van der Waals surface area contributed by atoms with Crippen LogP contribution < -0.4 is 15.9 Å². The van der Waals surface area contributed by atoms with Gasteiger partial charge in [0.25, 0.3) is 5.56 Å². The first-order chi connectivity index (χ1) is 12.0. The summed E-state index contributed by atoms with van der Waals surface area (Å²) in [6.45, 7) is 2.79. The van der Waals surface area contributed by atoms with Crippen molar-refractivity contribution in [2.24, 2.45) is 0 Å². The highest BCUT2D eigenvalue weighted by atomic mass is 16.4. The number of nitrogens with zero attached hydrogens (tertiary/aromatic N) is 4. The highest BCUT2D eigenvalue weighted by molar-refractivity contribution is 5.73. The first-order valence-corrected chi connectivity index (χ1v) is 7.86. The lowest BCUT2D eigenvalue weighted by Crippen LogP contribution is -2.39. The number of aromatic nitrogens is 2. The number of carbonyl (C=O) groups is 1. The van der Waals surface area contributed by atoms with Gasteiger partial charge in [0.2, 0.25) is 0 Å². The number of hydrogen-bond donors (Lipinski definition) is 2. The van der Waals surface area contributed by atoms with Gasteiger partial charge >= 0.3 is 6.09 Å². The molecule has 2 N–H and O–H groups in total. The summed E-state index contributed by atoms with van der Waals surface area (Å²) in [5.41, 5.74) is 3.59. The third kappa shape index (κ3) is 3.17. The maximum Gasteiger partial charge on any atom is 0.424 e. The van der Waals surface area contributed by atoms with Crippen LogP contribution in [0.2, 0.25) is 0 Å². The summed E-state index contributed by atoms with van der Waals surface area (Å²) in [4.78, 5) is 29.6. The molecule has 0 unspecified atom stereocenters. The van der Waals surface area contributed by atoms with Crippen LogP contribution in [0.4, 0.5) is 10.6 Å². The molecule has 25 heavy (non-hydrogen) atoms. The highest BCUT2D eigenvalue weighted by Crippen LogP contribution is 2.21. The lowest BCUT2D eigenvalue weighted by atomic mass is 10.0. The van der Waals surface area contributed by atoms with Gasteiger partial charge in [-0.15, -0.1) is 0 Å². The third-order valence-corrected chi connectivity index (χ3v) is 4.27. The average molecular weight is 339 g/mol. The van der Waals surface area contributed by atoms with Crippen LogP contribution in [0.5, 0.6) is 0 Å². The summed E-state index contributed by atoms with van der Waals surface area (Å²) in [7, 11) is 0. The van der Waals surface area contributed by atoms with Crippen molar-refractivity contribution in [1.82, 2.24) is 9.66 Å². The van der Waals surface area contributed by atoms with E-state index in [1.165, 1.54) is 18.1 Å². The minimum absolute atomic E-state index is 0.162. The Morgan fingerprint density at radius 1 is 1.28 bits per heavy atom. The SMILES string of the molecule is Cc1nc(N2CCc3ccccc3CC2)c(C#N)c(=O)n1NC(=O)O. The van der Waals surface area contributed by atoms with E-state index in [4.69, 9.17) is 5.11 Å². The van der Waals surface area contributed by atoms with Crippen LogP contribution in [0.15, 0.2) is 29.1 Å². The van der Waals surface area contributed by atoms with Gasteiger partial charge < -0.3 is 10.0 Å². The van der Waals surface area contributed by atoms with Gasteiger partial charge in [-0.25, -0.2) is 15.2 Å². The molecule has 1 aliphatic heterocycles. The molecule has 0 saturated carbocycles. The van der Waals surface area contributed by atoms with E-state index < -0.39 is 11.7 Å². The molecule has 2 aromatic rings. The Labute approximate surface area is 143 Å². The Balaban J connectivity index is 1.99. The van der Waals surface area contributed by atoms with Gasteiger partial charge in [0, 0.05) is 13.1 Å². The zero-order valence-electron chi connectivity index (χ0n) is 13.7. The highest BCUT2D eigenvalue weighted by Gasteiger charge is 2.22. The normalized spacial score (nSPS) is 13.5. The Kier molecular flexibility index (Phi) is 4.39. The molecule has 1 amide bonds. The van der Waals surface area contributed by atoms with E-state index in [1.54, 1.807) is 0 Å². The molecule has 128 valence electrons. The van der Waals surface area contributed by atoms with Gasteiger partial charge in [0.15, 0.2) is 11.4 Å². The van der Waals surface area contributed by atoms with Crippen LogP contribution in [0.1, 0.15) is 22.5 Å². The number of aryl methyl sites for hydroxylation is 1. The van der Waals surface area contributed by atoms with Gasteiger partial charge in [-0.2, -0.15) is 9.94 Å². The number of nitrogens with one attached hydrogen (secondary N) is 1. The minimum Gasteiger partial charge on any atom is -0.464 e. The molecule has 8 heteroatoms. The van der Waals surface area contributed by atoms with E-state index in [-0.39, 0.29) is 11.4 Å². The first kappa shape index (κ1) is 16.5. The number of amides is 1. The number of fused-ring (bicyclic) bond motifs is 1. The van der Waals surface area contributed by atoms with Crippen molar-refractivity contribution in [3.05, 3.63) is 57.1 Å². The maximum absolute atomic E-state index is 12.5. The van der Waals surface area contributed by atoms with E-state index in [0.29, 0.717) is 18.9 Å². The van der Waals surface area contributed by atoms with Crippen LogP contribution in [0.3, 0.4) is 0 Å². The quantitative estimate of drug-likeness (QED) is 0.852. The van der Waals surface area contributed by atoms with Crippen molar-refractivity contribution in [3.63, 3.8) is 0 Å². The van der Waals surface area contributed by atoms with Gasteiger partial charge in [0.05, 0.1) is 0 Å². The Morgan fingerprint density at radius 2 is 1.88 bits per heavy atom. The summed E-state index contributed by atoms with van der Waals surface area (Å²) in [6.07, 6.45) is 0.185. The second kappa shape index (κ2) is 6.65. The maximum atomic E-state index is 12.5. The second-order valence-corrected chi connectivity index (χ2v) is 5.78. The van der Waals surface area contributed by atoms with Crippen LogP contribution >= 0.6 is 0 Å². The van der Waals surface area contributed by atoms with Crippen molar-refractivity contribution >= 4 is 11.9 Å². The fourth-order valence-corrected chi connectivity index (χ4v) is 3.05. The molecule has 0 fully saturated rings. The predicted molar refractivity (Wildman–Crippen MR) is 91.4 cm³/mol. The van der Waals surface area contributed by atoms with Gasteiger partial charge in [-0.3, -0.25) is 4.79 Å². The van der Waals surface area contributed by atoms with Crippen LogP contribution in [-0.4, -0.2) is 33.9 Å². The number of anilines is 1. The Morgan fingerprint density at radius 3 is 2.40 bits per heavy atom. The van der Waals surface area contributed by atoms with Crippen molar-refractivity contribution in [2.45, 2.75) is 19.8 Å². The van der Waals surface area contributed by atoms with Crippen LogP contribution in [0, 0.1) is 18.3 Å². The Hall–Kier alpha value is -3.34. The molecule has 0 radical (unpaired) electrons. The summed E-state index contributed by atoms with van der Waals surface area (Å²) in [6, 6.07) is 10.0. The van der Waals surface area contributed by atoms with E-state index in [0.717, 1.165) is 17.5 Å². The number of hydrogen-bond acceptors (Lipinski definition) is 5. The molecule has 0 aliphatic carbocycles. The average Bonchev–Trinajstić information content (AvgIpc) is 2.80. The second-order valence-electron chi connectivity index (χ2n) is 5.78. The molecule has 1 aliphatic rings. The smallest absolute Gasteiger partial charge is 0.424 e. The summed E-state index contributed by atoms with van der Waals surface area (Å²) >= 11 is 0. The molecular formula is C17H17N5O3. The number of nitriles is 1. The first-order valence-electron chi connectivity index (χ1n) is 7.86. The molecule has 8 nitrogen and oxygen atoms in total. The zero-order valence-corrected chi connectivity index (χ0v) is 13.7. The molecule has 1 aromatic carbocycles. The molecule has 0 spiro atoms. The van der Waals surface area contributed by atoms with Crippen LogP contribution in [-0.2, 0) is 12.8 Å². The number of carboxylic acid groups (broad SMARTS) is 1. The molecular weight excluding hydrogens is 322 g/mol. The third-order valence-electron chi connectivity index (χ3n) is 4.27. The van der Waals surface area contributed by atoms with E-state index in [1.807, 2.05) is 28.5 Å². The van der Waals surface area contributed by atoms with E-state index in [9.17, 15) is 14.9 Å². The van der Waals surface area contributed by atoms with Crippen molar-refractivity contribution in [3.8, 4) is 6.07 Å². The topological polar surface area (TPSA) is 111 Å². The molecule has 3 rings (SSSR count). The number of rotatable bonds is 2. The molecule has 0 saturated heterocycles. The lowest BCUT2D eigenvalue weighted by molar-refractivity contribution is 0.206. The predicted octanol–water partition coefficient (Wildman–Crippen LogP) is 1.25. The molecule has 0 atom stereocenters. The monoisotopic (exact) mass is 339 g/mol. The minimum atomic E-state index is -1.39. The van der Waals surface area contributed by atoms with Crippen molar-refractivity contribution < 1.29 is 9.90 Å². The summed E-state index contributed by atoms with van der Waals surface area (Å²) in [5, 5.41) is 18.3. The van der Waals surface area contributed by atoms with E-state index in [2.05, 4.69) is 17.1 Å².